The number of anilines is 1. The number of rotatable bonds is 4. The molecule has 0 N–H and O–H groups in total. The molecule has 0 aliphatic carbocycles. The monoisotopic (exact) mass is 379 g/mol. The molecule has 142 valence electrons. The third-order valence-corrected chi connectivity index (χ3v) is 6.58. The lowest BCUT2D eigenvalue weighted by molar-refractivity contribution is 0.288. The van der Waals surface area contributed by atoms with Crippen molar-refractivity contribution in [1.82, 2.24) is 9.78 Å². The van der Waals surface area contributed by atoms with Gasteiger partial charge in [0.2, 0.25) is 5.88 Å². The summed E-state index contributed by atoms with van der Waals surface area (Å²) in [5, 5.41) is 4.31. The molecular formula is C18H25N3O4S. The summed E-state index contributed by atoms with van der Waals surface area (Å²) in [7, 11) is -0.405. The first-order valence-corrected chi connectivity index (χ1v) is 10.00. The first-order valence-electron chi connectivity index (χ1n) is 8.56. The Morgan fingerprint density at radius 2 is 1.96 bits per heavy atom. The van der Waals surface area contributed by atoms with Crippen molar-refractivity contribution in [3.63, 3.8) is 0 Å². The van der Waals surface area contributed by atoms with E-state index in [-0.39, 0.29) is 24.0 Å². The number of fused-ring (bicyclic) bond motifs is 1. The van der Waals surface area contributed by atoms with Crippen LogP contribution in [-0.4, -0.2) is 38.5 Å². The summed E-state index contributed by atoms with van der Waals surface area (Å²) in [6, 6.07) is 3.52. The molecule has 8 heteroatoms. The Labute approximate surface area is 154 Å². The summed E-state index contributed by atoms with van der Waals surface area (Å²) in [6.07, 6.45) is 0. The second-order valence-corrected chi connectivity index (χ2v) is 8.63. The fraction of sp³-hybridized carbons (Fsp3) is 0.500. The highest BCUT2D eigenvalue weighted by molar-refractivity contribution is 7.93. The van der Waals surface area contributed by atoms with E-state index in [2.05, 4.69) is 5.10 Å². The third-order valence-electron chi connectivity index (χ3n) is 4.64. The topological polar surface area (TPSA) is 73.7 Å². The Morgan fingerprint density at radius 3 is 2.58 bits per heavy atom. The van der Waals surface area contributed by atoms with Gasteiger partial charge in [0.1, 0.15) is 18.0 Å². The van der Waals surface area contributed by atoms with Crippen molar-refractivity contribution in [2.24, 2.45) is 7.05 Å². The van der Waals surface area contributed by atoms with Crippen LogP contribution in [0.1, 0.15) is 36.6 Å². The molecule has 0 radical (unpaired) electrons. The van der Waals surface area contributed by atoms with E-state index in [1.165, 1.54) is 4.31 Å². The van der Waals surface area contributed by atoms with Gasteiger partial charge >= 0.3 is 0 Å². The Bertz CT molecular complexity index is 948. The van der Waals surface area contributed by atoms with Gasteiger partial charge in [-0.1, -0.05) is 13.8 Å². The largest absolute Gasteiger partial charge is 0.496 e. The fourth-order valence-electron chi connectivity index (χ4n) is 3.35. The standard InChI is InChI=1S/C18H25N3O4S/c1-11(2)14-10-16(12(3)9-15(14)24-6)26(22,23)21-7-8-25-18-17(21)13(4)19-20(18)5/h9-11H,7-8H2,1-6H3. The summed E-state index contributed by atoms with van der Waals surface area (Å²) in [4.78, 5) is 0.290. The minimum atomic E-state index is -3.75. The van der Waals surface area contributed by atoms with Gasteiger partial charge in [-0.3, -0.25) is 4.31 Å². The molecule has 1 aliphatic rings. The van der Waals surface area contributed by atoms with Crippen LogP contribution in [0.5, 0.6) is 11.6 Å². The molecule has 2 heterocycles. The number of benzene rings is 1. The molecule has 1 aromatic carbocycles. The van der Waals surface area contributed by atoms with E-state index in [9.17, 15) is 8.42 Å². The molecule has 0 bridgehead atoms. The van der Waals surface area contributed by atoms with Crippen LogP contribution in [-0.2, 0) is 17.1 Å². The average Bonchev–Trinajstić information content (AvgIpc) is 2.88. The predicted molar refractivity (Wildman–Crippen MR) is 99.8 cm³/mol. The van der Waals surface area contributed by atoms with Crippen LogP contribution in [0.4, 0.5) is 5.69 Å². The Morgan fingerprint density at radius 1 is 1.27 bits per heavy atom. The number of nitrogens with zero attached hydrogens (tertiary/aromatic N) is 3. The van der Waals surface area contributed by atoms with E-state index in [1.807, 2.05) is 13.8 Å². The molecule has 0 amide bonds. The number of ether oxygens (including phenoxy) is 2. The van der Waals surface area contributed by atoms with Crippen LogP contribution in [0.15, 0.2) is 17.0 Å². The van der Waals surface area contributed by atoms with E-state index >= 15 is 0 Å². The first-order chi connectivity index (χ1) is 12.2. The Kier molecular flexibility index (Phi) is 4.64. The van der Waals surface area contributed by atoms with Gasteiger partial charge < -0.3 is 9.47 Å². The van der Waals surface area contributed by atoms with Crippen LogP contribution in [0.3, 0.4) is 0 Å². The SMILES string of the molecule is COc1cc(C)c(S(=O)(=O)N2CCOc3c2c(C)nn3C)cc1C(C)C. The predicted octanol–water partition coefficient (Wildman–Crippen LogP) is 2.76. The van der Waals surface area contributed by atoms with Gasteiger partial charge in [0.05, 0.1) is 24.2 Å². The van der Waals surface area contributed by atoms with E-state index in [0.29, 0.717) is 28.6 Å². The summed E-state index contributed by atoms with van der Waals surface area (Å²) in [5.74, 6) is 1.32. The third kappa shape index (κ3) is 2.82. The second-order valence-electron chi connectivity index (χ2n) is 6.80. The van der Waals surface area contributed by atoms with Crippen molar-refractivity contribution in [3.05, 3.63) is 29.0 Å². The van der Waals surface area contributed by atoms with E-state index < -0.39 is 10.0 Å². The van der Waals surface area contributed by atoms with Gasteiger partial charge in [-0.25, -0.2) is 13.1 Å². The number of hydrogen-bond acceptors (Lipinski definition) is 5. The van der Waals surface area contributed by atoms with E-state index in [4.69, 9.17) is 9.47 Å². The Balaban J connectivity index is 2.18. The molecule has 0 atom stereocenters. The van der Waals surface area contributed by atoms with Gasteiger partial charge in [-0.05, 0) is 43.0 Å². The lowest BCUT2D eigenvalue weighted by atomic mass is 10.0. The van der Waals surface area contributed by atoms with Gasteiger partial charge in [-0.2, -0.15) is 5.10 Å². The lowest BCUT2D eigenvalue weighted by Gasteiger charge is -2.29. The van der Waals surface area contributed by atoms with Crippen molar-refractivity contribution in [2.45, 2.75) is 38.5 Å². The summed E-state index contributed by atoms with van der Waals surface area (Å²) >= 11 is 0. The summed E-state index contributed by atoms with van der Waals surface area (Å²) in [5.41, 5.74) is 2.66. The zero-order chi connectivity index (χ0) is 19.2. The molecular weight excluding hydrogens is 354 g/mol. The number of aryl methyl sites for hydroxylation is 3. The van der Waals surface area contributed by atoms with Crippen molar-refractivity contribution in [2.75, 3.05) is 24.6 Å². The molecule has 0 unspecified atom stereocenters. The number of sulfonamides is 1. The number of methoxy groups -OCH3 is 1. The van der Waals surface area contributed by atoms with Crippen LogP contribution in [0, 0.1) is 13.8 Å². The quantitative estimate of drug-likeness (QED) is 0.817. The first kappa shape index (κ1) is 18.6. The van der Waals surface area contributed by atoms with Crippen LogP contribution < -0.4 is 13.8 Å². The fourth-order valence-corrected chi connectivity index (χ4v) is 5.10. The molecule has 0 saturated carbocycles. The molecule has 0 spiro atoms. The van der Waals surface area contributed by atoms with E-state index in [1.54, 1.807) is 44.8 Å². The molecule has 0 fully saturated rings. The van der Waals surface area contributed by atoms with Gasteiger partial charge in [0, 0.05) is 7.05 Å². The van der Waals surface area contributed by atoms with Gasteiger partial charge in [-0.15, -0.1) is 0 Å². The highest BCUT2D eigenvalue weighted by Crippen LogP contribution is 2.39. The minimum Gasteiger partial charge on any atom is -0.496 e. The second kappa shape index (κ2) is 6.50. The molecule has 2 aromatic rings. The maximum absolute atomic E-state index is 13.5. The maximum atomic E-state index is 13.5. The lowest BCUT2D eigenvalue weighted by Crippen LogP contribution is -2.38. The normalized spacial score (nSPS) is 14.3. The zero-order valence-corrected chi connectivity index (χ0v) is 16.8. The molecule has 0 saturated heterocycles. The molecule has 26 heavy (non-hydrogen) atoms. The number of hydrogen-bond donors (Lipinski definition) is 0. The van der Waals surface area contributed by atoms with E-state index in [0.717, 1.165) is 5.56 Å². The zero-order valence-electron chi connectivity index (χ0n) is 16.0. The average molecular weight is 379 g/mol. The molecule has 3 rings (SSSR count). The van der Waals surface area contributed by atoms with Gasteiger partial charge in [0.25, 0.3) is 10.0 Å². The molecule has 1 aromatic heterocycles. The van der Waals surface area contributed by atoms with Crippen molar-refractivity contribution in [3.8, 4) is 11.6 Å². The molecule has 1 aliphatic heterocycles. The summed E-state index contributed by atoms with van der Waals surface area (Å²) in [6.45, 7) is 8.15. The van der Waals surface area contributed by atoms with Crippen LogP contribution in [0.25, 0.3) is 0 Å². The van der Waals surface area contributed by atoms with Crippen LogP contribution >= 0.6 is 0 Å². The van der Waals surface area contributed by atoms with Crippen LogP contribution in [0.2, 0.25) is 0 Å². The summed E-state index contributed by atoms with van der Waals surface area (Å²) < 4.78 is 41.1. The Hall–Kier alpha value is -2.22. The van der Waals surface area contributed by atoms with Crippen molar-refractivity contribution in [1.29, 1.82) is 0 Å². The van der Waals surface area contributed by atoms with Crippen molar-refractivity contribution < 1.29 is 17.9 Å². The smallest absolute Gasteiger partial charge is 0.264 e. The minimum absolute atomic E-state index is 0.139. The highest BCUT2D eigenvalue weighted by Gasteiger charge is 2.35. The van der Waals surface area contributed by atoms with Crippen molar-refractivity contribution >= 4 is 15.7 Å². The molecule has 7 nitrogen and oxygen atoms in total. The maximum Gasteiger partial charge on any atom is 0.264 e. The number of aromatic nitrogens is 2. The highest BCUT2D eigenvalue weighted by atomic mass is 32.2. The van der Waals surface area contributed by atoms with Gasteiger partial charge in [0.15, 0.2) is 0 Å².